The van der Waals surface area contributed by atoms with E-state index in [0.717, 1.165) is 31.0 Å². The summed E-state index contributed by atoms with van der Waals surface area (Å²) >= 11 is 11.4. The molecule has 114 valence electrons. The van der Waals surface area contributed by atoms with Gasteiger partial charge in [-0.3, -0.25) is 0 Å². The maximum Gasteiger partial charge on any atom is 0.0406 e. The quantitative estimate of drug-likeness (QED) is 0.585. The molecule has 1 aromatic heterocycles. The largest absolute Gasteiger partial charge is 0.316 e. The Hall–Kier alpha value is -0.350. The van der Waals surface area contributed by atoms with Gasteiger partial charge in [-0.25, -0.2) is 0 Å². The maximum absolute atomic E-state index is 5.97. The van der Waals surface area contributed by atoms with Gasteiger partial charge in [0.05, 0.1) is 0 Å². The molecule has 1 heterocycles. The van der Waals surface area contributed by atoms with Crippen LogP contribution in [0.4, 0.5) is 0 Å². The average molecular weight is 387 g/mol. The molecule has 0 spiro atoms. The molecule has 0 aliphatic carbocycles. The first kappa shape index (κ1) is 17.0. The molecular formula is C17H21BrClNS. The van der Waals surface area contributed by atoms with Crippen molar-refractivity contribution < 1.29 is 0 Å². The van der Waals surface area contributed by atoms with Gasteiger partial charge < -0.3 is 5.32 Å². The molecular weight excluding hydrogens is 366 g/mol. The number of hydrogen-bond donors (Lipinski definition) is 1. The van der Waals surface area contributed by atoms with Gasteiger partial charge in [-0.15, -0.1) is 11.3 Å². The molecule has 1 nitrogen and oxygen atoms in total. The van der Waals surface area contributed by atoms with Crippen molar-refractivity contribution in [2.45, 2.75) is 26.2 Å². The van der Waals surface area contributed by atoms with E-state index in [1.54, 1.807) is 0 Å². The van der Waals surface area contributed by atoms with Crippen LogP contribution in [0.1, 0.15) is 23.8 Å². The lowest BCUT2D eigenvalue weighted by atomic mass is 9.95. The number of halogens is 2. The minimum absolute atomic E-state index is 0.604. The first-order valence-corrected chi connectivity index (χ1v) is 9.41. The van der Waals surface area contributed by atoms with Crippen molar-refractivity contribution in [2.75, 3.05) is 13.1 Å². The van der Waals surface area contributed by atoms with E-state index in [4.69, 9.17) is 11.6 Å². The Morgan fingerprint density at radius 1 is 1.19 bits per heavy atom. The van der Waals surface area contributed by atoms with Crippen LogP contribution in [0.15, 0.2) is 40.2 Å². The lowest BCUT2D eigenvalue weighted by Crippen LogP contribution is -2.26. The first-order chi connectivity index (χ1) is 10.2. The molecule has 1 N–H and O–H groups in total. The van der Waals surface area contributed by atoms with E-state index < -0.39 is 0 Å². The van der Waals surface area contributed by atoms with E-state index in [0.29, 0.717) is 5.92 Å². The zero-order valence-corrected chi connectivity index (χ0v) is 15.4. The number of nitrogens with one attached hydrogen (secondary N) is 1. The number of hydrogen-bond acceptors (Lipinski definition) is 2. The number of thiophene rings is 1. The summed E-state index contributed by atoms with van der Waals surface area (Å²) in [6, 6.07) is 10.4. The summed E-state index contributed by atoms with van der Waals surface area (Å²) in [6.45, 7) is 4.35. The van der Waals surface area contributed by atoms with Crippen molar-refractivity contribution in [3.63, 3.8) is 0 Å². The zero-order chi connectivity index (χ0) is 15.1. The summed E-state index contributed by atoms with van der Waals surface area (Å²) in [4.78, 5) is 1.44. The van der Waals surface area contributed by atoms with E-state index in [9.17, 15) is 0 Å². The molecule has 2 aromatic rings. The molecule has 0 saturated carbocycles. The third kappa shape index (κ3) is 5.74. The summed E-state index contributed by atoms with van der Waals surface area (Å²) in [5, 5.41) is 6.52. The maximum atomic E-state index is 5.97. The van der Waals surface area contributed by atoms with E-state index in [-0.39, 0.29) is 0 Å². The molecule has 1 atom stereocenters. The molecule has 0 radical (unpaired) electrons. The summed E-state index contributed by atoms with van der Waals surface area (Å²) < 4.78 is 1.24. The number of benzene rings is 1. The minimum Gasteiger partial charge on any atom is -0.316 e. The predicted molar refractivity (Wildman–Crippen MR) is 97.5 cm³/mol. The second-order valence-corrected chi connectivity index (χ2v) is 7.59. The van der Waals surface area contributed by atoms with Crippen LogP contribution in [-0.4, -0.2) is 13.1 Å². The van der Waals surface area contributed by atoms with E-state index in [1.165, 1.54) is 21.3 Å². The van der Waals surface area contributed by atoms with Crippen LogP contribution in [-0.2, 0) is 12.8 Å². The summed E-state index contributed by atoms with van der Waals surface area (Å²) in [6.07, 6.45) is 3.37. The second kappa shape index (κ2) is 8.94. The average Bonchev–Trinajstić information content (AvgIpc) is 2.87. The lowest BCUT2D eigenvalue weighted by Gasteiger charge is -2.17. The predicted octanol–water partition coefficient (Wildman–Crippen LogP) is 5.57. The summed E-state index contributed by atoms with van der Waals surface area (Å²) in [5.41, 5.74) is 1.36. The van der Waals surface area contributed by atoms with Crippen LogP contribution in [0.25, 0.3) is 0 Å². The topological polar surface area (TPSA) is 12.0 Å². The third-order valence-electron chi connectivity index (χ3n) is 3.46. The van der Waals surface area contributed by atoms with Gasteiger partial charge in [0.15, 0.2) is 0 Å². The highest BCUT2D eigenvalue weighted by molar-refractivity contribution is 9.10. The van der Waals surface area contributed by atoms with Crippen LogP contribution in [0.5, 0.6) is 0 Å². The fraction of sp³-hybridized carbons (Fsp3) is 0.412. The Kier molecular flexibility index (Phi) is 7.24. The molecule has 0 bridgehead atoms. The molecule has 0 aliphatic rings. The van der Waals surface area contributed by atoms with Crippen molar-refractivity contribution in [1.29, 1.82) is 0 Å². The van der Waals surface area contributed by atoms with Crippen molar-refractivity contribution in [1.82, 2.24) is 5.32 Å². The van der Waals surface area contributed by atoms with Crippen LogP contribution >= 0.6 is 38.9 Å². The minimum atomic E-state index is 0.604. The Morgan fingerprint density at radius 2 is 1.95 bits per heavy atom. The molecule has 0 amide bonds. The monoisotopic (exact) mass is 385 g/mol. The molecule has 21 heavy (non-hydrogen) atoms. The Morgan fingerprint density at radius 3 is 2.57 bits per heavy atom. The highest BCUT2D eigenvalue weighted by Crippen LogP contribution is 2.26. The first-order valence-electron chi connectivity index (χ1n) is 7.36. The van der Waals surface area contributed by atoms with Crippen LogP contribution < -0.4 is 5.32 Å². The molecule has 0 saturated heterocycles. The van der Waals surface area contributed by atoms with E-state index >= 15 is 0 Å². The van der Waals surface area contributed by atoms with Crippen LogP contribution in [0.3, 0.4) is 0 Å². The molecule has 1 aromatic carbocycles. The summed E-state index contributed by atoms with van der Waals surface area (Å²) in [7, 11) is 0. The Balaban J connectivity index is 2.00. The molecule has 0 fully saturated rings. The van der Waals surface area contributed by atoms with E-state index in [2.05, 4.69) is 51.7 Å². The molecule has 0 aliphatic heterocycles. The van der Waals surface area contributed by atoms with Gasteiger partial charge >= 0.3 is 0 Å². The zero-order valence-electron chi connectivity index (χ0n) is 12.2. The standard InChI is InChI=1S/C17H21BrClNS/c1-2-8-20-12-14(11-17-16(18)7-9-21-17)10-13-3-5-15(19)6-4-13/h3-7,9,14,20H,2,8,10-12H2,1H3. The van der Waals surface area contributed by atoms with Crippen molar-refractivity contribution >= 4 is 38.9 Å². The SMILES string of the molecule is CCCNCC(Cc1ccc(Cl)cc1)Cc1sccc1Br. The summed E-state index contributed by atoms with van der Waals surface area (Å²) in [5.74, 6) is 0.604. The van der Waals surface area contributed by atoms with Crippen LogP contribution in [0, 0.1) is 5.92 Å². The van der Waals surface area contributed by atoms with Crippen LogP contribution in [0.2, 0.25) is 5.02 Å². The lowest BCUT2D eigenvalue weighted by molar-refractivity contribution is 0.473. The highest BCUT2D eigenvalue weighted by Gasteiger charge is 2.13. The fourth-order valence-electron chi connectivity index (χ4n) is 2.39. The molecule has 1 unspecified atom stereocenters. The van der Waals surface area contributed by atoms with Crippen molar-refractivity contribution in [2.24, 2.45) is 5.92 Å². The van der Waals surface area contributed by atoms with Crippen molar-refractivity contribution in [3.8, 4) is 0 Å². The van der Waals surface area contributed by atoms with Gasteiger partial charge in [-0.05, 0) is 83.3 Å². The van der Waals surface area contributed by atoms with Gasteiger partial charge in [-0.1, -0.05) is 30.7 Å². The van der Waals surface area contributed by atoms with Crippen molar-refractivity contribution in [3.05, 3.63) is 55.6 Å². The Labute approximate surface area is 144 Å². The molecule has 4 heteroatoms. The second-order valence-electron chi connectivity index (χ2n) is 5.30. The Bertz CT molecular complexity index is 538. The molecule has 2 rings (SSSR count). The highest BCUT2D eigenvalue weighted by atomic mass is 79.9. The van der Waals surface area contributed by atoms with Gasteiger partial charge in [0.25, 0.3) is 0 Å². The van der Waals surface area contributed by atoms with Gasteiger partial charge in [0, 0.05) is 14.4 Å². The smallest absolute Gasteiger partial charge is 0.0406 e. The van der Waals surface area contributed by atoms with E-state index in [1.807, 2.05) is 23.5 Å². The normalized spacial score (nSPS) is 12.5. The van der Waals surface area contributed by atoms with Gasteiger partial charge in [0.1, 0.15) is 0 Å². The van der Waals surface area contributed by atoms with Gasteiger partial charge in [0.2, 0.25) is 0 Å². The fourth-order valence-corrected chi connectivity index (χ4v) is 4.14. The van der Waals surface area contributed by atoms with Gasteiger partial charge in [-0.2, -0.15) is 0 Å². The number of rotatable bonds is 8. The third-order valence-corrected chi connectivity index (χ3v) is 5.66.